The van der Waals surface area contributed by atoms with Gasteiger partial charge in [0.25, 0.3) is 0 Å². The SMILES string of the molecule is CC(C)CCC[C@@H](C)[C@H]1CC[C@H]2[C@@H]3CC=C4C[C@@H](OC(=O)CCCC(=O)Oc5ccc(N=Nc6ccccc6)cc5)CC[C@]4(C)[C@H]3CC[C@]12C. The maximum atomic E-state index is 12.9. The van der Waals surface area contributed by atoms with E-state index in [9.17, 15) is 9.59 Å². The summed E-state index contributed by atoms with van der Waals surface area (Å²) < 4.78 is 11.5. The second-order valence-corrected chi connectivity index (χ2v) is 17.0. The zero-order valence-electron chi connectivity index (χ0n) is 31.2. The third-order valence-corrected chi connectivity index (χ3v) is 13.4. The van der Waals surface area contributed by atoms with E-state index in [0.717, 1.165) is 60.5 Å². The largest absolute Gasteiger partial charge is 0.462 e. The van der Waals surface area contributed by atoms with Crippen LogP contribution in [0.15, 0.2) is 76.5 Å². The molecule has 0 N–H and O–H groups in total. The van der Waals surface area contributed by atoms with Crippen LogP contribution in [0.3, 0.4) is 0 Å². The second-order valence-electron chi connectivity index (χ2n) is 17.0. The lowest BCUT2D eigenvalue weighted by molar-refractivity contribution is -0.151. The van der Waals surface area contributed by atoms with Crippen LogP contribution in [0.5, 0.6) is 5.75 Å². The predicted molar refractivity (Wildman–Crippen MR) is 199 cm³/mol. The Bertz CT molecular complexity index is 1520. The summed E-state index contributed by atoms with van der Waals surface area (Å²) in [6, 6.07) is 16.4. The minimum Gasteiger partial charge on any atom is -0.462 e. The molecule has 0 spiro atoms. The second kappa shape index (κ2) is 15.9. The minimum absolute atomic E-state index is 0.0562. The first-order chi connectivity index (χ1) is 24.0. The highest BCUT2D eigenvalue weighted by molar-refractivity contribution is 5.74. The normalized spacial score (nSPS) is 31.0. The van der Waals surface area contributed by atoms with E-state index in [1.54, 1.807) is 29.8 Å². The Morgan fingerprint density at radius 2 is 1.52 bits per heavy atom. The molecule has 50 heavy (non-hydrogen) atoms. The molecule has 0 aromatic heterocycles. The van der Waals surface area contributed by atoms with Crippen LogP contribution in [0.2, 0.25) is 0 Å². The van der Waals surface area contributed by atoms with E-state index in [1.165, 1.54) is 51.4 Å². The average molecular weight is 681 g/mol. The molecule has 6 nitrogen and oxygen atoms in total. The number of azo groups is 1. The number of esters is 2. The first-order valence-electron chi connectivity index (χ1n) is 19.7. The summed E-state index contributed by atoms with van der Waals surface area (Å²) >= 11 is 0. The standard InChI is InChI=1S/C44H60N2O4/c1-30(2)11-9-12-31(3)38-23-24-39-37-22-17-32-29-36(25-27-43(32,4)40(37)26-28-44(38,39)5)50-42(48)16-10-15-41(47)49-35-20-18-34(19-21-35)46-45-33-13-7-6-8-14-33/h6-8,13-14,17-21,30-31,36-40H,9-12,15-16,22-29H2,1-5H3/t31-,36+,37+,38-,39+,40+,43+,44-/m1/s1. The molecule has 0 radical (unpaired) electrons. The maximum Gasteiger partial charge on any atom is 0.311 e. The molecule has 0 unspecified atom stereocenters. The van der Waals surface area contributed by atoms with Gasteiger partial charge < -0.3 is 9.47 Å². The first kappa shape index (κ1) is 36.5. The summed E-state index contributed by atoms with van der Waals surface area (Å²) in [4.78, 5) is 25.3. The number of rotatable bonds is 13. The molecular weight excluding hydrogens is 620 g/mol. The van der Waals surface area contributed by atoms with Crippen molar-refractivity contribution in [3.05, 3.63) is 66.2 Å². The molecule has 6 heteroatoms. The van der Waals surface area contributed by atoms with Gasteiger partial charge in [-0.25, -0.2) is 0 Å². The Labute approximate surface area is 300 Å². The van der Waals surface area contributed by atoms with Crippen LogP contribution in [0, 0.1) is 46.3 Å². The van der Waals surface area contributed by atoms with Gasteiger partial charge in [0.1, 0.15) is 11.9 Å². The maximum absolute atomic E-state index is 12.9. The van der Waals surface area contributed by atoms with E-state index in [0.29, 0.717) is 23.3 Å². The van der Waals surface area contributed by atoms with Crippen molar-refractivity contribution in [2.24, 2.45) is 56.6 Å². The fourth-order valence-corrected chi connectivity index (χ4v) is 10.7. The number of hydrogen-bond acceptors (Lipinski definition) is 6. The van der Waals surface area contributed by atoms with Crippen LogP contribution in [0.4, 0.5) is 11.4 Å². The molecule has 0 saturated heterocycles. The lowest BCUT2D eigenvalue weighted by Crippen LogP contribution is -2.51. The number of hydrogen-bond donors (Lipinski definition) is 0. The average Bonchev–Trinajstić information content (AvgIpc) is 3.46. The smallest absolute Gasteiger partial charge is 0.311 e. The number of allylic oxidation sites excluding steroid dienone is 1. The number of ether oxygens (including phenoxy) is 2. The highest BCUT2D eigenvalue weighted by Crippen LogP contribution is 2.67. The molecule has 2 aromatic rings. The fourth-order valence-electron chi connectivity index (χ4n) is 10.7. The number of fused-ring (bicyclic) bond motifs is 5. The van der Waals surface area contributed by atoms with Crippen LogP contribution in [0.1, 0.15) is 125 Å². The summed E-state index contributed by atoms with van der Waals surface area (Å²) in [5.41, 5.74) is 3.72. The molecule has 4 aliphatic rings. The summed E-state index contributed by atoms with van der Waals surface area (Å²) in [7, 11) is 0. The zero-order valence-corrected chi connectivity index (χ0v) is 31.2. The van der Waals surface area contributed by atoms with Crippen LogP contribution >= 0.6 is 0 Å². The van der Waals surface area contributed by atoms with Crippen molar-refractivity contribution in [2.45, 2.75) is 131 Å². The molecule has 0 heterocycles. The van der Waals surface area contributed by atoms with Gasteiger partial charge in [-0.3, -0.25) is 9.59 Å². The summed E-state index contributed by atoms with van der Waals surface area (Å²) in [6.07, 6.45) is 17.1. The van der Waals surface area contributed by atoms with Gasteiger partial charge in [0.15, 0.2) is 0 Å². The Balaban J connectivity index is 0.941. The van der Waals surface area contributed by atoms with Crippen molar-refractivity contribution in [1.82, 2.24) is 0 Å². The Kier molecular flexibility index (Phi) is 11.6. The van der Waals surface area contributed by atoms with E-state index in [2.05, 4.69) is 50.9 Å². The molecular formula is C44H60N2O4. The number of carbonyl (C=O) groups is 2. The molecule has 3 fully saturated rings. The van der Waals surface area contributed by atoms with Gasteiger partial charge in [-0.2, -0.15) is 10.2 Å². The van der Waals surface area contributed by atoms with Crippen LogP contribution < -0.4 is 4.74 Å². The highest BCUT2D eigenvalue weighted by atomic mass is 16.5. The molecule has 8 atom stereocenters. The fraction of sp³-hybridized carbons (Fsp3) is 0.636. The predicted octanol–water partition coefficient (Wildman–Crippen LogP) is 12.1. The molecule has 6 rings (SSSR count). The van der Waals surface area contributed by atoms with Crippen LogP contribution in [0.25, 0.3) is 0 Å². The molecule has 3 saturated carbocycles. The van der Waals surface area contributed by atoms with Crippen molar-refractivity contribution >= 4 is 23.3 Å². The Hall–Kier alpha value is -3.28. The molecule has 0 amide bonds. The minimum atomic E-state index is -0.357. The van der Waals surface area contributed by atoms with E-state index in [4.69, 9.17) is 9.47 Å². The van der Waals surface area contributed by atoms with E-state index in [1.807, 2.05) is 30.3 Å². The van der Waals surface area contributed by atoms with Gasteiger partial charge in [0.2, 0.25) is 0 Å². The summed E-state index contributed by atoms with van der Waals surface area (Å²) in [5.74, 6) is 4.83. The molecule has 270 valence electrons. The molecule has 0 aliphatic heterocycles. The quantitative estimate of drug-likeness (QED) is 0.0913. The van der Waals surface area contributed by atoms with Crippen molar-refractivity contribution in [2.75, 3.05) is 0 Å². The van der Waals surface area contributed by atoms with Gasteiger partial charge in [0.05, 0.1) is 11.4 Å². The van der Waals surface area contributed by atoms with Crippen molar-refractivity contribution in [1.29, 1.82) is 0 Å². The first-order valence-corrected chi connectivity index (χ1v) is 19.7. The number of nitrogens with zero attached hydrogens (tertiary/aromatic N) is 2. The monoisotopic (exact) mass is 680 g/mol. The lowest BCUT2D eigenvalue weighted by Gasteiger charge is -2.58. The van der Waals surface area contributed by atoms with Gasteiger partial charge >= 0.3 is 11.9 Å². The van der Waals surface area contributed by atoms with Gasteiger partial charge in [-0.1, -0.05) is 83.7 Å². The Morgan fingerprint density at radius 1 is 0.800 bits per heavy atom. The third-order valence-electron chi connectivity index (χ3n) is 13.4. The molecule has 0 bridgehead atoms. The third kappa shape index (κ3) is 8.26. The number of carbonyl (C=O) groups excluding carboxylic acids is 2. The van der Waals surface area contributed by atoms with Crippen molar-refractivity contribution in [3.8, 4) is 5.75 Å². The lowest BCUT2D eigenvalue weighted by atomic mass is 9.47. The van der Waals surface area contributed by atoms with E-state index >= 15 is 0 Å². The molecule has 2 aromatic carbocycles. The van der Waals surface area contributed by atoms with E-state index in [-0.39, 0.29) is 36.3 Å². The summed E-state index contributed by atoms with van der Waals surface area (Å²) in [5, 5.41) is 8.43. The highest BCUT2D eigenvalue weighted by Gasteiger charge is 2.59. The van der Waals surface area contributed by atoms with Crippen molar-refractivity contribution < 1.29 is 19.1 Å². The zero-order chi connectivity index (χ0) is 35.3. The van der Waals surface area contributed by atoms with Gasteiger partial charge in [0, 0.05) is 19.3 Å². The topological polar surface area (TPSA) is 77.3 Å². The van der Waals surface area contributed by atoms with Crippen LogP contribution in [-0.2, 0) is 14.3 Å². The van der Waals surface area contributed by atoms with Gasteiger partial charge in [-0.15, -0.1) is 0 Å². The molecule has 4 aliphatic carbocycles. The van der Waals surface area contributed by atoms with Crippen molar-refractivity contribution in [3.63, 3.8) is 0 Å². The van der Waals surface area contributed by atoms with Crippen LogP contribution in [-0.4, -0.2) is 18.0 Å². The Morgan fingerprint density at radius 3 is 2.26 bits per heavy atom. The summed E-state index contributed by atoms with van der Waals surface area (Å²) in [6.45, 7) is 12.5. The van der Waals surface area contributed by atoms with E-state index < -0.39 is 0 Å². The number of benzene rings is 2. The van der Waals surface area contributed by atoms with Gasteiger partial charge in [-0.05, 0) is 134 Å².